The molecule has 3 aromatic rings. The van der Waals surface area contributed by atoms with Crippen molar-refractivity contribution in [1.29, 1.82) is 0 Å². The van der Waals surface area contributed by atoms with Crippen molar-refractivity contribution in [3.63, 3.8) is 0 Å². The van der Waals surface area contributed by atoms with E-state index in [0.29, 0.717) is 34.4 Å². The number of cyclic esters (lactones) is 1. The minimum atomic E-state index is -0.582. The second-order valence-electron chi connectivity index (χ2n) is 8.45. The molecule has 172 valence electrons. The molecule has 2 aromatic carbocycles. The van der Waals surface area contributed by atoms with E-state index in [4.69, 9.17) is 21.1 Å². The van der Waals surface area contributed by atoms with E-state index in [1.165, 1.54) is 23.8 Å². The highest BCUT2D eigenvalue weighted by atomic mass is 35.5. The van der Waals surface area contributed by atoms with Gasteiger partial charge in [-0.2, -0.15) is 0 Å². The summed E-state index contributed by atoms with van der Waals surface area (Å²) in [6, 6.07) is 9.44. The van der Waals surface area contributed by atoms with Crippen LogP contribution in [-0.4, -0.2) is 30.8 Å². The molecule has 2 fully saturated rings. The van der Waals surface area contributed by atoms with Gasteiger partial charge in [0.15, 0.2) is 5.82 Å². The van der Waals surface area contributed by atoms with Crippen LogP contribution in [0.5, 0.6) is 5.75 Å². The number of ether oxygens (including phenoxy) is 2. The molecule has 1 aromatic heterocycles. The zero-order valence-corrected chi connectivity index (χ0v) is 18.7. The van der Waals surface area contributed by atoms with Crippen molar-refractivity contribution in [1.82, 2.24) is 4.98 Å². The Kier molecular flexibility index (Phi) is 5.62. The van der Waals surface area contributed by atoms with Gasteiger partial charge in [0.1, 0.15) is 12.4 Å². The number of halogens is 2. The molecule has 0 spiro atoms. The van der Waals surface area contributed by atoms with Gasteiger partial charge in [0.25, 0.3) is 5.56 Å². The van der Waals surface area contributed by atoms with Crippen LogP contribution in [0.1, 0.15) is 31.4 Å². The van der Waals surface area contributed by atoms with Crippen molar-refractivity contribution in [2.24, 2.45) is 5.92 Å². The van der Waals surface area contributed by atoms with Gasteiger partial charge in [-0.15, -0.1) is 0 Å². The maximum absolute atomic E-state index is 15.1. The van der Waals surface area contributed by atoms with Crippen LogP contribution in [0.15, 0.2) is 41.2 Å². The Balaban J connectivity index is 1.41. The summed E-state index contributed by atoms with van der Waals surface area (Å²) < 4.78 is 25.8. The Morgan fingerprint density at radius 3 is 2.85 bits per heavy atom. The third-order valence-electron chi connectivity index (χ3n) is 5.97. The summed E-state index contributed by atoms with van der Waals surface area (Å²) in [5.41, 5.74) is 1.06. The number of nitrogens with zero attached hydrogens (tertiary/aromatic N) is 1. The molecular weight excluding hydrogens is 449 g/mol. The number of fused-ring (bicyclic) bond motifs is 1. The van der Waals surface area contributed by atoms with E-state index in [-0.39, 0.29) is 30.1 Å². The fourth-order valence-electron chi connectivity index (χ4n) is 3.91. The quantitative estimate of drug-likeness (QED) is 0.492. The Morgan fingerprint density at radius 1 is 1.30 bits per heavy atom. The van der Waals surface area contributed by atoms with Gasteiger partial charge < -0.3 is 19.8 Å². The molecule has 0 unspecified atom stereocenters. The first-order chi connectivity index (χ1) is 15.9. The van der Waals surface area contributed by atoms with E-state index in [1.54, 1.807) is 37.3 Å². The number of H-pyrrole nitrogens is 1. The summed E-state index contributed by atoms with van der Waals surface area (Å²) in [5.74, 6) is 0.547. The smallest absolute Gasteiger partial charge is 0.414 e. The standard InChI is InChI=1S/C24H23ClFN3O4/c1-13(27-18-3-2-4-20(22(18)26)29-7-8-32-24(29)31)16-9-15-10-17(25)21(33-12-14-5-6-14)11-19(15)28-23(16)30/h2-4,9-11,13-14,27H,5-8,12H2,1H3,(H,28,30)/t13-/m0/s1. The fourth-order valence-corrected chi connectivity index (χ4v) is 4.14. The van der Waals surface area contributed by atoms with Crippen LogP contribution >= 0.6 is 11.6 Å². The third-order valence-corrected chi connectivity index (χ3v) is 6.26. The number of anilines is 2. The molecule has 1 atom stereocenters. The number of amides is 1. The van der Waals surface area contributed by atoms with Gasteiger partial charge in [0, 0.05) is 17.0 Å². The lowest BCUT2D eigenvalue weighted by Gasteiger charge is -2.20. The summed E-state index contributed by atoms with van der Waals surface area (Å²) in [7, 11) is 0. The predicted octanol–water partition coefficient (Wildman–Crippen LogP) is 5.24. The van der Waals surface area contributed by atoms with E-state index in [9.17, 15) is 9.59 Å². The van der Waals surface area contributed by atoms with Gasteiger partial charge >= 0.3 is 6.09 Å². The second-order valence-corrected chi connectivity index (χ2v) is 8.86. The molecule has 0 radical (unpaired) electrons. The van der Waals surface area contributed by atoms with E-state index >= 15 is 4.39 Å². The number of aromatic amines is 1. The van der Waals surface area contributed by atoms with Crippen LogP contribution in [0.3, 0.4) is 0 Å². The van der Waals surface area contributed by atoms with Crippen molar-refractivity contribution >= 4 is 40.0 Å². The highest BCUT2D eigenvalue weighted by Crippen LogP contribution is 2.34. The van der Waals surface area contributed by atoms with Crippen LogP contribution in [0, 0.1) is 11.7 Å². The molecule has 7 nitrogen and oxygen atoms in total. The lowest BCUT2D eigenvalue weighted by Crippen LogP contribution is -2.25. The Labute approximate surface area is 194 Å². The topological polar surface area (TPSA) is 83.7 Å². The molecule has 5 rings (SSSR count). The largest absolute Gasteiger partial charge is 0.492 e. The summed E-state index contributed by atoms with van der Waals surface area (Å²) in [6.45, 7) is 2.89. The summed E-state index contributed by atoms with van der Waals surface area (Å²) in [5, 5.41) is 4.26. The predicted molar refractivity (Wildman–Crippen MR) is 125 cm³/mol. The number of carbonyl (C=O) groups is 1. The normalized spacial score (nSPS) is 16.7. The van der Waals surface area contributed by atoms with Gasteiger partial charge in [-0.3, -0.25) is 9.69 Å². The van der Waals surface area contributed by atoms with E-state index < -0.39 is 18.0 Å². The first kappa shape index (κ1) is 21.6. The highest BCUT2D eigenvalue weighted by molar-refractivity contribution is 6.32. The first-order valence-electron chi connectivity index (χ1n) is 10.9. The molecule has 1 aliphatic heterocycles. The maximum atomic E-state index is 15.1. The van der Waals surface area contributed by atoms with Crippen LogP contribution in [0.2, 0.25) is 5.02 Å². The minimum absolute atomic E-state index is 0.132. The molecule has 1 saturated heterocycles. The summed E-state index contributed by atoms with van der Waals surface area (Å²) in [6.07, 6.45) is 1.76. The van der Waals surface area contributed by atoms with Crippen molar-refractivity contribution in [3.8, 4) is 5.75 Å². The van der Waals surface area contributed by atoms with E-state index in [2.05, 4.69) is 10.3 Å². The Hall–Kier alpha value is -3.26. The number of nitrogens with one attached hydrogen (secondary N) is 2. The lowest BCUT2D eigenvalue weighted by molar-refractivity contribution is 0.181. The number of pyridine rings is 1. The molecule has 33 heavy (non-hydrogen) atoms. The van der Waals surface area contributed by atoms with Gasteiger partial charge in [0.05, 0.1) is 41.1 Å². The third kappa shape index (κ3) is 4.35. The number of carbonyl (C=O) groups excluding carboxylic acids is 1. The first-order valence-corrected chi connectivity index (χ1v) is 11.3. The van der Waals surface area contributed by atoms with Crippen LogP contribution in [-0.2, 0) is 4.74 Å². The van der Waals surface area contributed by atoms with Crippen molar-refractivity contribution < 1.29 is 18.7 Å². The molecule has 2 N–H and O–H groups in total. The van der Waals surface area contributed by atoms with E-state index in [0.717, 1.165) is 5.39 Å². The van der Waals surface area contributed by atoms with Crippen molar-refractivity contribution in [2.75, 3.05) is 30.0 Å². The molecular formula is C24H23ClFN3O4. The lowest BCUT2D eigenvalue weighted by atomic mass is 10.1. The van der Waals surface area contributed by atoms with Crippen molar-refractivity contribution in [3.05, 3.63) is 63.2 Å². The van der Waals surface area contributed by atoms with Crippen LogP contribution in [0.4, 0.5) is 20.6 Å². The zero-order chi connectivity index (χ0) is 23.1. The molecule has 1 saturated carbocycles. The van der Waals surface area contributed by atoms with Gasteiger partial charge in [-0.25, -0.2) is 9.18 Å². The van der Waals surface area contributed by atoms with E-state index in [1.807, 2.05) is 0 Å². The number of rotatable bonds is 7. The number of aromatic nitrogens is 1. The van der Waals surface area contributed by atoms with Gasteiger partial charge in [-0.05, 0) is 49.9 Å². The molecule has 1 amide bonds. The average Bonchev–Trinajstić information content (AvgIpc) is 3.52. The maximum Gasteiger partial charge on any atom is 0.414 e. The SMILES string of the molecule is C[C@H](Nc1cccc(N2CCOC2=O)c1F)c1cc2cc(Cl)c(OCC3CC3)cc2[nH]c1=O. The summed E-state index contributed by atoms with van der Waals surface area (Å²) in [4.78, 5) is 28.8. The van der Waals surface area contributed by atoms with Crippen LogP contribution < -0.4 is 20.5 Å². The molecule has 9 heteroatoms. The van der Waals surface area contributed by atoms with Crippen LogP contribution in [0.25, 0.3) is 10.9 Å². The number of hydrogen-bond donors (Lipinski definition) is 2. The Morgan fingerprint density at radius 2 is 2.12 bits per heavy atom. The molecule has 2 aliphatic rings. The highest BCUT2D eigenvalue weighted by Gasteiger charge is 2.27. The summed E-state index contributed by atoms with van der Waals surface area (Å²) >= 11 is 6.40. The van der Waals surface area contributed by atoms with Gasteiger partial charge in [-0.1, -0.05) is 17.7 Å². The average molecular weight is 472 g/mol. The number of benzene rings is 2. The molecule has 2 heterocycles. The van der Waals surface area contributed by atoms with Crippen molar-refractivity contribution in [2.45, 2.75) is 25.8 Å². The fraction of sp³-hybridized carbons (Fsp3) is 0.333. The second kappa shape index (κ2) is 8.59. The zero-order valence-electron chi connectivity index (χ0n) is 18.0. The van der Waals surface area contributed by atoms with Gasteiger partial charge in [0.2, 0.25) is 0 Å². The Bertz CT molecular complexity index is 1290. The monoisotopic (exact) mass is 471 g/mol. The minimum Gasteiger partial charge on any atom is -0.492 e. The molecule has 1 aliphatic carbocycles. The number of hydrogen-bond acceptors (Lipinski definition) is 5. The molecule has 0 bridgehead atoms.